The fraction of sp³-hybridized carbons (Fsp3) is 0.842. The minimum Gasteiger partial charge on any atom is -0.393 e. The molecule has 2 saturated carbocycles. The van der Waals surface area contributed by atoms with Gasteiger partial charge >= 0.3 is 0 Å². The van der Waals surface area contributed by atoms with Gasteiger partial charge in [0.05, 0.1) is 6.10 Å². The number of fused-ring (bicyclic) bond motifs is 3. The number of hydrogen-bond donors (Lipinski definition) is 1. The average molecular weight is 290 g/mol. The monoisotopic (exact) mass is 290 g/mol. The lowest BCUT2D eigenvalue weighted by molar-refractivity contribution is -0.116. The highest BCUT2D eigenvalue weighted by molar-refractivity contribution is 5.91. The normalized spacial score (nSPS) is 44.7. The number of aliphatic hydroxyl groups is 1. The van der Waals surface area contributed by atoms with Crippen LogP contribution in [0.1, 0.15) is 71.6 Å². The molecule has 3 rings (SSSR count). The minimum atomic E-state index is -0.110. The van der Waals surface area contributed by atoms with Crippen molar-refractivity contribution in [2.75, 3.05) is 0 Å². The van der Waals surface area contributed by atoms with Crippen molar-refractivity contribution in [3.63, 3.8) is 0 Å². The Labute approximate surface area is 129 Å². The molecule has 0 aromatic rings. The van der Waals surface area contributed by atoms with Gasteiger partial charge < -0.3 is 5.11 Å². The fourth-order valence-corrected chi connectivity index (χ4v) is 5.23. The second-order valence-electron chi connectivity index (χ2n) is 8.01. The third-order valence-corrected chi connectivity index (χ3v) is 6.80. The van der Waals surface area contributed by atoms with E-state index < -0.39 is 0 Å². The summed E-state index contributed by atoms with van der Waals surface area (Å²) in [7, 11) is 0. The van der Waals surface area contributed by atoms with Gasteiger partial charge in [0.2, 0.25) is 0 Å². The highest BCUT2D eigenvalue weighted by atomic mass is 16.3. The topological polar surface area (TPSA) is 37.3 Å². The molecule has 0 spiro atoms. The molecule has 0 saturated heterocycles. The zero-order valence-corrected chi connectivity index (χ0v) is 13.6. The number of ketones is 1. The Hall–Kier alpha value is -0.630. The van der Waals surface area contributed by atoms with E-state index in [1.807, 2.05) is 6.08 Å². The highest BCUT2D eigenvalue weighted by Crippen LogP contribution is 2.55. The van der Waals surface area contributed by atoms with Crippen LogP contribution in [-0.2, 0) is 4.79 Å². The van der Waals surface area contributed by atoms with Crippen molar-refractivity contribution in [3.8, 4) is 0 Å². The lowest BCUT2D eigenvalue weighted by Crippen LogP contribution is -2.41. The lowest BCUT2D eigenvalue weighted by Gasteiger charge is -2.50. The largest absolute Gasteiger partial charge is 0.393 e. The molecule has 0 aliphatic heterocycles. The van der Waals surface area contributed by atoms with Crippen molar-refractivity contribution in [1.29, 1.82) is 0 Å². The van der Waals surface area contributed by atoms with Gasteiger partial charge in [0.25, 0.3) is 0 Å². The number of carbonyl (C=O) groups excluding carboxylic acids is 1. The molecule has 0 amide bonds. The number of allylic oxidation sites excluding steroid dienone is 2. The number of carbonyl (C=O) groups is 1. The van der Waals surface area contributed by atoms with E-state index in [4.69, 9.17) is 0 Å². The lowest BCUT2D eigenvalue weighted by atomic mass is 9.54. The van der Waals surface area contributed by atoms with Crippen LogP contribution in [0.15, 0.2) is 11.6 Å². The summed E-state index contributed by atoms with van der Waals surface area (Å²) < 4.78 is 0. The van der Waals surface area contributed by atoms with Gasteiger partial charge in [0, 0.05) is 6.42 Å². The summed E-state index contributed by atoms with van der Waals surface area (Å²) in [4.78, 5) is 11.8. The van der Waals surface area contributed by atoms with Crippen LogP contribution < -0.4 is 0 Å². The van der Waals surface area contributed by atoms with E-state index in [0.29, 0.717) is 11.7 Å². The maximum Gasteiger partial charge on any atom is 0.155 e. The molecule has 0 aromatic heterocycles. The average Bonchev–Trinajstić information content (AvgIpc) is 2.52. The molecule has 5 atom stereocenters. The summed E-state index contributed by atoms with van der Waals surface area (Å²) in [5, 5.41) is 10.2. The molecule has 21 heavy (non-hydrogen) atoms. The van der Waals surface area contributed by atoms with Crippen LogP contribution in [0, 0.1) is 23.2 Å². The van der Waals surface area contributed by atoms with E-state index in [1.54, 1.807) is 0 Å². The van der Waals surface area contributed by atoms with Crippen LogP contribution in [0.3, 0.4) is 0 Å². The molecule has 0 unspecified atom stereocenters. The van der Waals surface area contributed by atoms with Crippen molar-refractivity contribution in [2.24, 2.45) is 23.2 Å². The van der Waals surface area contributed by atoms with Crippen molar-refractivity contribution < 1.29 is 9.90 Å². The first-order valence-electron chi connectivity index (χ1n) is 8.92. The standard InChI is InChI=1S/C19H30O2/c1-13-6-9-17-14(4-3-5-18(13)21)7-8-15-12-16(20)10-11-19(15,17)2/h12-14,17-18,21H,3-11H2,1-2H3/t13-,14+,17-,18-,19-/m0/s1. The summed E-state index contributed by atoms with van der Waals surface area (Å²) >= 11 is 0. The number of aliphatic hydroxyl groups excluding tert-OH is 1. The first kappa shape index (κ1) is 15.3. The zero-order chi connectivity index (χ0) is 15.0. The zero-order valence-electron chi connectivity index (χ0n) is 13.6. The van der Waals surface area contributed by atoms with E-state index in [9.17, 15) is 9.90 Å². The van der Waals surface area contributed by atoms with Crippen LogP contribution in [0.5, 0.6) is 0 Å². The Morgan fingerprint density at radius 1 is 1.14 bits per heavy atom. The predicted octanol–water partition coefficient (Wildman–Crippen LogP) is 4.27. The molecular weight excluding hydrogens is 260 g/mol. The van der Waals surface area contributed by atoms with Gasteiger partial charge in [-0.3, -0.25) is 4.79 Å². The van der Waals surface area contributed by atoms with Crippen molar-refractivity contribution in [1.82, 2.24) is 0 Å². The molecule has 1 N–H and O–H groups in total. The Morgan fingerprint density at radius 2 is 1.95 bits per heavy atom. The summed E-state index contributed by atoms with van der Waals surface area (Å²) in [6.45, 7) is 4.62. The molecular formula is C19H30O2. The van der Waals surface area contributed by atoms with Gasteiger partial charge in [0.15, 0.2) is 5.78 Å². The van der Waals surface area contributed by atoms with E-state index in [2.05, 4.69) is 13.8 Å². The molecule has 0 radical (unpaired) electrons. The van der Waals surface area contributed by atoms with Gasteiger partial charge in [0.1, 0.15) is 0 Å². The maximum atomic E-state index is 11.8. The molecule has 2 fully saturated rings. The van der Waals surface area contributed by atoms with Crippen molar-refractivity contribution >= 4 is 5.78 Å². The molecule has 2 heteroatoms. The molecule has 0 bridgehead atoms. The van der Waals surface area contributed by atoms with Crippen LogP contribution >= 0.6 is 0 Å². The molecule has 0 aromatic carbocycles. The van der Waals surface area contributed by atoms with E-state index in [1.165, 1.54) is 31.3 Å². The van der Waals surface area contributed by atoms with Crippen LogP contribution in [-0.4, -0.2) is 17.0 Å². The van der Waals surface area contributed by atoms with E-state index in [0.717, 1.165) is 43.9 Å². The van der Waals surface area contributed by atoms with Crippen molar-refractivity contribution in [2.45, 2.75) is 77.7 Å². The predicted molar refractivity (Wildman–Crippen MR) is 84.9 cm³/mol. The fourth-order valence-electron chi connectivity index (χ4n) is 5.23. The van der Waals surface area contributed by atoms with Crippen molar-refractivity contribution in [3.05, 3.63) is 11.6 Å². The highest BCUT2D eigenvalue weighted by Gasteiger charge is 2.46. The first-order valence-corrected chi connectivity index (χ1v) is 8.92. The molecule has 3 aliphatic carbocycles. The second kappa shape index (κ2) is 5.87. The van der Waals surface area contributed by atoms with Gasteiger partial charge in [-0.1, -0.05) is 32.3 Å². The Balaban J connectivity index is 1.86. The van der Waals surface area contributed by atoms with Crippen LogP contribution in [0.4, 0.5) is 0 Å². The number of hydrogen-bond acceptors (Lipinski definition) is 2. The SMILES string of the molecule is C[C@H]1CC[C@H]2[C@H](CCC[C@@H]1O)CCC1=CC(=O)CC[C@@]12C. The van der Waals surface area contributed by atoms with Crippen LogP contribution in [0.2, 0.25) is 0 Å². The third kappa shape index (κ3) is 2.84. The Bertz CT molecular complexity index is 439. The van der Waals surface area contributed by atoms with Gasteiger partial charge in [-0.25, -0.2) is 0 Å². The van der Waals surface area contributed by atoms with E-state index in [-0.39, 0.29) is 11.5 Å². The first-order chi connectivity index (χ1) is 10.0. The van der Waals surface area contributed by atoms with Gasteiger partial charge in [-0.05, 0) is 67.8 Å². The van der Waals surface area contributed by atoms with Gasteiger partial charge in [-0.15, -0.1) is 0 Å². The molecule has 3 aliphatic rings. The summed E-state index contributed by atoms with van der Waals surface area (Å²) in [6.07, 6.45) is 11.8. The second-order valence-corrected chi connectivity index (χ2v) is 8.01. The van der Waals surface area contributed by atoms with Crippen LogP contribution in [0.25, 0.3) is 0 Å². The maximum absolute atomic E-state index is 11.8. The molecule has 0 heterocycles. The van der Waals surface area contributed by atoms with Gasteiger partial charge in [-0.2, -0.15) is 0 Å². The molecule has 118 valence electrons. The quantitative estimate of drug-likeness (QED) is 0.723. The van der Waals surface area contributed by atoms with E-state index >= 15 is 0 Å². The smallest absolute Gasteiger partial charge is 0.155 e. The third-order valence-electron chi connectivity index (χ3n) is 6.80. The Kier molecular flexibility index (Phi) is 4.27. The number of rotatable bonds is 0. The summed E-state index contributed by atoms with van der Waals surface area (Å²) in [5.74, 6) is 2.29. The summed E-state index contributed by atoms with van der Waals surface area (Å²) in [6, 6.07) is 0. The Morgan fingerprint density at radius 3 is 2.76 bits per heavy atom. The minimum absolute atomic E-state index is 0.110. The molecule has 2 nitrogen and oxygen atoms in total. The summed E-state index contributed by atoms with van der Waals surface area (Å²) in [5.41, 5.74) is 1.69.